The molecule has 2 aliphatic heterocycles. The van der Waals surface area contributed by atoms with Gasteiger partial charge in [0, 0.05) is 37.4 Å². The van der Waals surface area contributed by atoms with Gasteiger partial charge in [-0.15, -0.1) is 10.2 Å². The Morgan fingerprint density at radius 1 is 0.963 bits per heavy atom. The van der Waals surface area contributed by atoms with Crippen LogP contribution in [-0.2, 0) is 9.53 Å². The van der Waals surface area contributed by atoms with Crippen LogP contribution in [0.15, 0.2) is 36.9 Å². The van der Waals surface area contributed by atoms with Crippen LogP contribution >= 0.6 is 0 Å². The number of benzene rings is 1. The number of likely N-dealkylation sites (tertiary alicyclic amines) is 1. The first-order valence-corrected chi connectivity index (χ1v) is 9.33. The first-order valence-electron chi connectivity index (χ1n) is 9.33. The molecule has 142 valence electrons. The van der Waals surface area contributed by atoms with Gasteiger partial charge in [-0.1, -0.05) is 0 Å². The second-order valence-corrected chi connectivity index (χ2v) is 6.94. The summed E-state index contributed by atoms with van der Waals surface area (Å²) in [5.41, 5.74) is 1.53. The highest BCUT2D eigenvalue weighted by atomic mass is 16.5. The van der Waals surface area contributed by atoms with Crippen molar-refractivity contribution in [1.82, 2.24) is 24.6 Å². The fraction of sp³-hybridized carbons (Fsp3) is 0.474. The van der Waals surface area contributed by atoms with Gasteiger partial charge in [-0.05, 0) is 37.1 Å². The van der Waals surface area contributed by atoms with E-state index in [1.807, 2.05) is 29.2 Å². The number of amides is 2. The van der Waals surface area contributed by atoms with Crippen molar-refractivity contribution in [2.45, 2.75) is 12.8 Å². The third kappa shape index (κ3) is 3.85. The predicted octanol–water partition coefficient (Wildman–Crippen LogP) is 0.978. The van der Waals surface area contributed by atoms with Crippen molar-refractivity contribution in [2.75, 3.05) is 39.4 Å². The largest absolute Gasteiger partial charge is 0.378 e. The molecule has 0 radical (unpaired) electrons. The summed E-state index contributed by atoms with van der Waals surface area (Å²) >= 11 is 0. The second kappa shape index (κ2) is 7.87. The molecular weight excluding hydrogens is 346 g/mol. The van der Waals surface area contributed by atoms with Gasteiger partial charge in [-0.2, -0.15) is 0 Å². The van der Waals surface area contributed by atoms with Gasteiger partial charge in [0.25, 0.3) is 5.91 Å². The lowest BCUT2D eigenvalue weighted by Gasteiger charge is -2.36. The van der Waals surface area contributed by atoms with Crippen LogP contribution in [0.4, 0.5) is 0 Å². The highest BCUT2D eigenvalue weighted by Crippen LogP contribution is 2.21. The van der Waals surface area contributed by atoms with E-state index in [1.54, 1.807) is 22.1 Å². The highest BCUT2D eigenvalue weighted by Gasteiger charge is 2.32. The lowest BCUT2D eigenvalue weighted by atomic mass is 9.95. The van der Waals surface area contributed by atoms with Crippen LogP contribution in [0.2, 0.25) is 0 Å². The van der Waals surface area contributed by atoms with E-state index in [2.05, 4.69) is 10.2 Å². The molecule has 1 aromatic carbocycles. The van der Waals surface area contributed by atoms with Gasteiger partial charge in [-0.25, -0.2) is 0 Å². The number of hydrogen-bond donors (Lipinski definition) is 0. The molecule has 0 spiro atoms. The van der Waals surface area contributed by atoms with Crippen molar-refractivity contribution < 1.29 is 14.3 Å². The molecular formula is C19H23N5O3. The standard InChI is InChI=1S/C19H23N5O3/c25-18(15-3-5-17(6-4-15)24-13-20-21-14-24)23-7-1-2-16(12-23)19(26)22-8-10-27-11-9-22/h3-6,13-14,16H,1-2,7-12H2. The van der Waals surface area contributed by atoms with Gasteiger partial charge >= 0.3 is 0 Å². The van der Waals surface area contributed by atoms with Crippen molar-refractivity contribution in [3.8, 4) is 5.69 Å². The van der Waals surface area contributed by atoms with Crippen molar-refractivity contribution in [3.05, 3.63) is 42.5 Å². The molecule has 4 rings (SSSR count). The van der Waals surface area contributed by atoms with Crippen molar-refractivity contribution >= 4 is 11.8 Å². The predicted molar refractivity (Wildman–Crippen MR) is 97.4 cm³/mol. The minimum absolute atomic E-state index is 0.0233. The van der Waals surface area contributed by atoms with Crippen LogP contribution in [0.25, 0.3) is 5.69 Å². The van der Waals surface area contributed by atoms with Crippen LogP contribution in [-0.4, -0.2) is 75.8 Å². The van der Waals surface area contributed by atoms with Crippen LogP contribution in [0.5, 0.6) is 0 Å². The number of nitrogens with zero attached hydrogens (tertiary/aromatic N) is 5. The Bertz CT molecular complexity index is 784. The maximum Gasteiger partial charge on any atom is 0.253 e. The minimum Gasteiger partial charge on any atom is -0.378 e. The summed E-state index contributed by atoms with van der Waals surface area (Å²) in [7, 11) is 0. The summed E-state index contributed by atoms with van der Waals surface area (Å²) in [6.07, 6.45) is 4.92. The van der Waals surface area contributed by atoms with Gasteiger partial charge in [0.05, 0.1) is 19.1 Å². The topological polar surface area (TPSA) is 80.6 Å². The maximum atomic E-state index is 12.9. The molecule has 27 heavy (non-hydrogen) atoms. The lowest BCUT2D eigenvalue weighted by molar-refractivity contribution is -0.141. The molecule has 2 amide bonds. The summed E-state index contributed by atoms with van der Waals surface area (Å²) in [6, 6.07) is 7.37. The summed E-state index contributed by atoms with van der Waals surface area (Å²) < 4.78 is 7.11. The van der Waals surface area contributed by atoms with E-state index in [0.29, 0.717) is 45.0 Å². The third-order valence-corrected chi connectivity index (χ3v) is 5.21. The number of aromatic nitrogens is 3. The Labute approximate surface area is 157 Å². The lowest BCUT2D eigenvalue weighted by Crippen LogP contribution is -2.49. The molecule has 1 aromatic heterocycles. The highest BCUT2D eigenvalue weighted by molar-refractivity contribution is 5.95. The molecule has 3 heterocycles. The Kier molecular flexibility index (Phi) is 5.15. The number of carbonyl (C=O) groups excluding carboxylic acids is 2. The quantitative estimate of drug-likeness (QED) is 0.806. The molecule has 2 saturated heterocycles. The number of carbonyl (C=O) groups is 2. The van der Waals surface area contributed by atoms with E-state index in [9.17, 15) is 9.59 Å². The zero-order chi connectivity index (χ0) is 18.6. The Morgan fingerprint density at radius 2 is 1.67 bits per heavy atom. The zero-order valence-electron chi connectivity index (χ0n) is 15.2. The minimum atomic E-state index is -0.114. The van der Waals surface area contributed by atoms with Crippen LogP contribution in [0.1, 0.15) is 23.2 Å². The molecule has 0 saturated carbocycles. The average molecular weight is 369 g/mol. The zero-order valence-corrected chi connectivity index (χ0v) is 15.2. The van der Waals surface area contributed by atoms with E-state index < -0.39 is 0 Å². The number of ether oxygens (including phenoxy) is 1. The molecule has 2 aromatic rings. The summed E-state index contributed by atoms with van der Waals surface area (Å²) in [4.78, 5) is 29.3. The Hall–Kier alpha value is -2.74. The number of rotatable bonds is 3. The molecule has 0 bridgehead atoms. The molecule has 2 aliphatic rings. The van der Waals surface area contributed by atoms with Gasteiger partial charge in [0.15, 0.2) is 0 Å². The molecule has 8 nitrogen and oxygen atoms in total. The van der Waals surface area contributed by atoms with Crippen LogP contribution in [0.3, 0.4) is 0 Å². The van der Waals surface area contributed by atoms with Gasteiger partial charge in [0.2, 0.25) is 5.91 Å². The number of hydrogen-bond acceptors (Lipinski definition) is 5. The fourth-order valence-corrected chi connectivity index (χ4v) is 3.70. The van der Waals surface area contributed by atoms with Crippen molar-refractivity contribution in [1.29, 1.82) is 0 Å². The van der Waals surface area contributed by atoms with Crippen molar-refractivity contribution in [3.63, 3.8) is 0 Å². The molecule has 1 atom stereocenters. The second-order valence-electron chi connectivity index (χ2n) is 6.94. The third-order valence-electron chi connectivity index (χ3n) is 5.21. The normalized spacial score (nSPS) is 20.5. The number of piperidine rings is 1. The van der Waals surface area contributed by atoms with E-state index in [4.69, 9.17) is 4.74 Å². The number of morpholine rings is 1. The first kappa shape index (κ1) is 17.7. The van der Waals surface area contributed by atoms with Gasteiger partial charge < -0.3 is 14.5 Å². The van der Waals surface area contributed by atoms with Gasteiger partial charge in [-0.3, -0.25) is 14.2 Å². The fourth-order valence-electron chi connectivity index (χ4n) is 3.70. The SMILES string of the molecule is O=C(c1ccc(-n2cnnc2)cc1)N1CCCC(C(=O)N2CCOCC2)C1. The maximum absolute atomic E-state index is 12.9. The smallest absolute Gasteiger partial charge is 0.253 e. The van der Waals surface area contributed by atoms with Gasteiger partial charge in [0.1, 0.15) is 12.7 Å². The Morgan fingerprint density at radius 3 is 2.37 bits per heavy atom. The van der Waals surface area contributed by atoms with E-state index in [1.165, 1.54) is 0 Å². The van der Waals surface area contributed by atoms with Crippen LogP contribution in [0, 0.1) is 5.92 Å². The van der Waals surface area contributed by atoms with E-state index >= 15 is 0 Å². The first-order chi connectivity index (χ1) is 13.2. The summed E-state index contributed by atoms with van der Waals surface area (Å²) in [6.45, 7) is 3.67. The molecule has 8 heteroatoms. The molecule has 0 N–H and O–H groups in total. The van der Waals surface area contributed by atoms with E-state index in [0.717, 1.165) is 18.5 Å². The average Bonchev–Trinajstić information content (AvgIpc) is 3.28. The van der Waals surface area contributed by atoms with Crippen molar-refractivity contribution in [2.24, 2.45) is 5.92 Å². The monoisotopic (exact) mass is 369 g/mol. The summed E-state index contributed by atoms with van der Waals surface area (Å²) in [5.74, 6) is 0.0145. The molecule has 2 fully saturated rings. The Balaban J connectivity index is 1.41. The van der Waals surface area contributed by atoms with E-state index in [-0.39, 0.29) is 17.7 Å². The molecule has 0 aliphatic carbocycles. The molecule has 1 unspecified atom stereocenters. The summed E-state index contributed by atoms with van der Waals surface area (Å²) in [5, 5.41) is 7.57. The van der Waals surface area contributed by atoms with Crippen LogP contribution < -0.4 is 0 Å².